The Bertz CT molecular complexity index is 588. The van der Waals surface area contributed by atoms with Gasteiger partial charge in [0.1, 0.15) is 12.4 Å². The van der Waals surface area contributed by atoms with E-state index in [2.05, 4.69) is 11.9 Å². The van der Waals surface area contributed by atoms with Gasteiger partial charge >= 0.3 is 0 Å². The Labute approximate surface area is 118 Å². The highest BCUT2D eigenvalue weighted by molar-refractivity contribution is 6.04. The van der Waals surface area contributed by atoms with E-state index >= 15 is 0 Å². The van der Waals surface area contributed by atoms with Crippen molar-refractivity contribution in [3.63, 3.8) is 0 Å². The van der Waals surface area contributed by atoms with Crippen LogP contribution in [0.4, 0.5) is 5.69 Å². The lowest BCUT2D eigenvalue weighted by atomic mass is 10.2. The van der Waals surface area contributed by atoms with Crippen molar-refractivity contribution in [1.29, 1.82) is 0 Å². The fourth-order valence-electron chi connectivity index (χ4n) is 1.63. The van der Waals surface area contributed by atoms with Crippen LogP contribution in [0.15, 0.2) is 66.7 Å². The summed E-state index contributed by atoms with van der Waals surface area (Å²) in [5.74, 6) is 0.590. The highest BCUT2D eigenvalue weighted by Crippen LogP contribution is 2.14. The zero-order valence-electron chi connectivity index (χ0n) is 11.4. The van der Waals surface area contributed by atoms with E-state index < -0.39 is 0 Å². The molecule has 0 aliphatic carbocycles. The number of carbonyl (C=O) groups excluding carboxylic acids is 1. The number of benzene rings is 2. The second kappa shape index (κ2) is 6.57. The summed E-state index contributed by atoms with van der Waals surface area (Å²) in [6, 6.07) is 16.4. The van der Waals surface area contributed by atoms with Crippen LogP contribution in [0.5, 0.6) is 5.75 Å². The van der Waals surface area contributed by atoms with Crippen molar-refractivity contribution >= 4 is 11.6 Å². The highest BCUT2D eigenvalue weighted by atomic mass is 16.5. The molecule has 0 saturated heterocycles. The largest absolute Gasteiger partial charge is 0.489 e. The molecule has 0 atom stereocenters. The minimum atomic E-state index is -0.136. The Morgan fingerprint density at radius 1 is 1.10 bits per heavy atom. The number of rotatable bonds is 5. The molecule has 2 aromatic rings. The van der Waals surface area contributed by atoms with Crippen LogP contribution < -0.4 is 10.1 Å². The number of ether oxygens (including phenoxy) is 1. The Kier molecular flexibility index (Phi) is 4.56. The van der Waals surface area contributed by atoms with E-state index in [0.29, 0.717) is 12.2 Å². The summed E-state index contributed by atoms with van der Waals surface area (Å²) < 4.78 is 5.49. The van der Waals surface area contributed by atoms with Gasteiger partial charge in [0, 0.05) is 11.3 Å². The molecule has 1 amide bonds. The van der Waals surface area contributed by atoms with Crippen molar-refractivity contribution in [3.05, 3.63) is 72.3 Å². The Hall–Kier alpha value is -2.55. The molecular formula is C17H17NO2. The number of anilines is 1. The highest BCUT2D eigenvalue weighted by Gasteiger charge is 2.05. The van der Waals surface area contributed by atoms with E-state index in [1.165, 1.54) is 0 Å². The fraction of sp³-hybridized carbons (Fsp3) is 0.118. The maximum absolute atomic E-state index is 12.0. The number of amides is 1. The van der Waals surface area contributed by atoms with Crippen LogP contribution in [0, 0.1) is 0 Å². The predicted octanol–water partition coefficient (Wildman–Crippen LogP) is 3.89. The van der Waals surface area contributed by atoms with Crippen molar-refractivity contribution < 1.29 is 9.53 Å². The molecule has 102 valence electrons. The quantitative estimate of drug-likeness (QED) is 0.834. The van der Waals surface area contributed by atoms with E-state index in [1.807, 2.05) is 37.3 Å². The molecule has 0 unspecified atom stereocenters. The van der Waals surface area contributed by atoms with E-state index in [9.17, 15) is 4.79 Å². The monoisotopic (exact) mass is 267 g/mol. The van der Waals surface area contributed by atoms with Gasteiger partial charge in [-0.1, -0.05) is 24.8 Å². The average molecular weight is 267 g/mol. The van der Waals surface area contributed by atoms with Gasteiger partial charge in [0.2, 0.25) is 0 Å². The SMILES string of the molecule is C=C(C)COc1ccc(C(=O)Nc2ccccc2)cc1. The van der Waals surface area contributed by atoms with Gasteiger partial charge in [0.25, 0.3) is 5.91 Å². The normalized spacial score (nSPS) is 9.85. The number of para-hydroxylation sites is 1. The van der Waals surface area contributed by atoms with E-state index in [1.54, 1.807) is 24.3 Å². The first kappa shape index (κ1) is 13.9. The summed E-state index contributed by atoms with van der Waals surface area (Å²) >= 11 is 0. The molecule has 0 aromatic heterocycles. The zero-order chi connectivity index (χ0) is 14.4. The van der Waals surface area contributed by atoms with E-state index in [-0.39, 0.29) is 5.91 Å². The Morgan fingerprint density at radius 3 is 2.35 bits per heavy atom. The van der Waals surface area contributed by atoms with Crippen LogP contribution in [-0.4, -0.2) is 12.5 Å². The molecule has 0 radical (unpaired) electrons. The molecule has 0 heterocycles. The minimum absolute atomic E-state index is 0.136. The van der Waals surface area contributed by atoms with Crippen LogP contribution in [0.3, 0.4) is 0 Å². The molecule has 0 fully saturated rings. The van der Waals surface area contributed by atoms with Gasteiger partial charge < -0.3 is 10.1 Å². The van der Waals surface area contributed by atoms with Crippen LogP contribution >= 0.6 is 0 Å². The predicted molar refractivity (Wildman–Crippen MR) is 81.1 cm³/mol. The summed E-state index contributed by atoms with van der Waals surface area (Å²) in [5.41, 5.74) is 2.33. The number of hydrogen-bond donors (Lipinski definition) is 1. The lowest BCUT2D eigenvalue weighted by Gasteiger charge is -2.07. The van der Waals surface area contributed by atoms with Crippen LogP contribution in [0.25, 0.3) is 0 Å². The Balaban J connectivity index is 1.99. The topological polar surface area (TPSA) is 38.3 Å². The van der Waals surface area contributed by atoms with E-state index in [4.69, 9.17) is 4.74 Å². The molecule has 2 rings (SSSR count). The third kappa shape index (κ3) is 3.99. The number of hydrogen-bond acceptors (Lipinski definition) is 2. The van der Waals surface area contributed by atoms with Crippen molar-refractivity contribution in [2.24, 2.45) is 0 Å². The average Bonchev–Trinajstić information content (AvgIpc) is 2.46. The molecule has 1 N–H and O–H groups in total. The molecule has 0 saturated carbocycles. The maximum Gasteiger partial charge on any atom is 0.255 e. The molecule has 20 heavy (non-hydrogen) atoms. The van der Waals surface area contributed by atoms with Crippen molar-refractivity contribution in [2.75, 3.05) is 11.9 Å². The number of nitrogens with one attached hydrogen (secondary N) is 1. The lowest BCUT2D eigenvalue weighted by Crippen LogP contribution is -2.11. The van der Waals surface area contributed by atoms with Gasteiger partial charge in [-0.3, -0.25) is 4.79 Å². The second-order valence-electron chi connectivity index (χ2n) is 4.59. The third-order valence-corrected chi connectivity index (χ3v) is 2.63. The molecular weight excluding hydrogens is 250 g/mol. The van der Waals surface area contributed by atoms with Crippen molar-refractivity contribution in [2.45, 2.75) is 6.92 Å². The van der Waals surface area contributed by atoms with Crippen LogP contribution in [-0.2, 0) is 0 Å². The van der Waals surface area contributed by atoms with Gasteiger partial charge in [-0.2, -0.15) is 0 Å². The lowest BCUT2D eigenvalue weighted by molar-refractivity contribution is 0.102. The summed E-state index contributed by atoms with van der Waals surface area (Å²) in [7, 11) is 0. The molecule has 3 heteroatoms. The molecule has 0 aliphatic rings. The Morgan fingerprint density at radius 2 is 1.75 bits per heavy atom. The van der Waals surface area contributed by atoms with Gasteiger partial charge in [-0.25, -0.2) is 0 Å². The van der Waals surface area contributed by atoms with Gasteiger partial charge in [0.15, 0.2) is 0 Å². The standard InChI is InChI=1S/C17H17NO2/c1-13(2)12-20-16-10-8-14(9-11-16)17(19)18-15-6-4-3-5-7-15/h3-11H,1,12H2,2H3,(H,18,19). The summed E-state index contributed by atoms with van der Waals surface area (Å²) in [5, 5.41) is 2.83. The molecule has 0 aliphatic heterocycles. The molecule has 2 aromatic carbocycles. The van der Waals surface area contributed by atoms with Gasteiger partial charge in [-0.05, 0) is 48.9 Å². The summed E-state index contributed by atoms with van der Waals surface area (Å²) in [6.07, 6.45) is 0. The smallest absolute Gasteiger partial charge is 0.255 e. The molecule has 0 bridgehead atoms. The summed E-state index contributed by atoms with van der Waals surface area (Å²) in [6.45, 7) is 6.16. The first-order chi connectivity index (χ1) is 9.65. The van der Waals surface area contributed by atoms with Gasteiger partial charge in [0.05, 0.1) is 0 Å². The van der Waals surface area contributed by atoms with E-state index in [0.717, 1.165) is 17.0 Å². The van der Waals surface area contributed by atoms with Crippen molar-refractivity contribution in [1.82, 2.24) is 0 Å². The third-order valence-electron chi connectivity index (χ3n) is 2.63. The number of carbonyl (C=O) groups is 1. The molecule has 0 spiro atoms. The van der Waals surface area contributed by atoms with Crippen LogP contribution in [0.2, 0.25) is 0 Å². The first-order valence-corrected chi connectivity index (χ1v) is 6.39. The second-order valence-corrected chi connectivity index (χ2v) is 4.59. The minimum Gasteiger partial charge on any atom is -0.489 e. The van der Waals surface area contributed by atoms with Gasteiger partial charge in [-0.15, -0.1) is 0 Å². The first-order valence-electron chi connectivity index (χ1n) is 6.39. The van der Waals surface area contributed by atoms with Crippen LogP contribution in [0.1, 0.15) is 17.3 Å². The molecule has 3 nitrogen and oxygen atoms in total. The fourth-order valence-corrected chi connectivity index (χ4v) is 1.63. The maximum atomic E-state index is 12.0. The summed E-state index contributed by atoms with van der Waals surface area (Å²) in [4.78, 5) is 12.0. The van der Waals surface area contributed by atoms with Crippen molar-refractivity contribution in [3.8, 4) is 5.75 Å². The zero-order valence-corrected chi connectivity index (χ0v) is 11.4.